The standard InChI is InChI=1S/C19H23N3O3S/c1-25-16-6-2-5-14(11-16)19-21-15(13-26-19)12-17(23)20-8-4-10-22-9-3-7-18(22)24/h2,5-6,11,13H,3-4,7-10,12H2,1H3,(H,20,23). The molecule has 1 fully saturated rings. The van der Waals surface area contributed by atoms with Crippen LogP contribution in [0.15, 0.2) is 29.6 Å². The minimum Gasteiger partial charge on any atom is -0.497 e. The molecule has 0 saturated carbocycles. The normalized spacial score (nSPS) is 13.9. The Labute approximate surface area is 157 Å². The van der Waals surface area contributed by atoms with Gasteiger partial charge in [0.15, 0.2) is 0 Å². The molecule has 138 valence electrons. The molecule has 0 radical (unpaired) electrons. The van der Waals surface area contributed by atoms with Gasteiger partial charge in [0.25, 0.3) is 0 Å². The molecule has 26 heavy (non-hydrogen) atoms. The second-order valence-corrected chi connectivity index (χ2v) is 7.10. The van der Waals surface area contributed by atoms with Crippen LogP contribution in [-0.4, -0.2) is 48.4 Å². The smallest absolute Gasteiger partial charge is 0.226 e. The number of methoxy groups -OCH3 is 1. The lowest BCUT2D eigenvalue weighted by Gasteiger charge is -2.15. The Hall–Kier alpha value is -2.41. The summed E-state index contributed by atoms with van der Waals surface area (Å²) in [5.41, 5.74) is 1.75. The van der Waals surface area contributed by atoms with E-state index in [1.165, 1.54) is 11.3 Å². The molecule has 1 saturated heterocycles. The molecule has 0 aliphatic carbocycles. The summed E-state index contributed by atoms with van der Waals surface area (Å²) in [4.78, 5) is 30.0. The molecule has 7 heteroatoms. The zero-order valence-electron chi connectivity index (χ0n) is 14.9. The summed E-state index contributed by atoms with van der Waals surface area (Å²) in [7, 11) is 1.64. The van der Waals surface area contributed by atoms with E-state index in [1.54, 1.807) is 7.11 Å². The molecule has 0 spiro atoms. The predicted octanol–water partition coefficient (Wildman–Crippen LogP) is 2.49. The average molecular weight is 373 g/mol. The Morgan fingerprint density at radius 3 is 3.08 bits per heavy atom. The number of amides is 2. The van der Waals surface area contributed by atoms with Crippen molar-refractivity contribution in [3.05, 3.63) is 35.3 Å². The fourth-order valence-electron chi connectivity index (χ4n) is 2.94. The molecular weight excluding hydrogens is 350 g/mol. The third-order valence-electron chi connectivity index (χ3n) is 4.31. The van der Waals surface area contributed by atoms with E-state index in [2.05, 4.69) is 10.3 Å². The van der Waals surface area contributed by atoms with Crippen LogP contribution in [0.25, 0.3) is 10.6 Å². The van der Waals surface area contributed by atoms with E-state index in [0.29, 0.717) is 13.0 Å². The fraction of sp³-hybridized carbons (Fsp3) is 0.421. The first-order valence-corrected chi connectivity index (χ1v) is 9.67. The van der Waals surface area contributed by atoms with Gasteiger partial charge in [-0.1, -0.05) is 12.1 Å². The number of aromatic nitrogens is 1. The van der Waals surface area contributed by atoms with Gasteiger partial charge in [-0.2, -0.15) is 0 Å². The van der Waals surface area contributed by atoms with E-state index >= 15 is 0 Å². The van der Waals surface area contributed by atoms with Crippen molar-refractivity contribution in [1.29, 1.82) is 0 Å². The number of carbonyl (C=O) groups excluding carboxylic acids is 2. The maximum absolute atomic E-state index is 12.1. The van der Waals surface area contributed by atoms with Crippen LogP contribution in [0.5, 0.6) is 5.75 Å². The minimum absolute atomic E-state index is 0.0414. The van der Waals surface area contributed by atoms with E-state index in [0.717, 1.165) is 47.9 Å². The number of likely N-dealkylation sites (tertiary alicyclic amines) is 1. The summed E-state index contributed by atoms with van der Waals surface area (Å²) in [6.07, 6.45) is 2.66. The zero-order valence-corrected chi connectivity index (χ0v) is 15.7. The van der Waals surface area contributed by atoms with Gasteiger partial charge in [0.05, 0.1) is 19.2 Å². The topological polar surface area (TPSA) is 71.5 Å². The highest BCUT2D eigenvalue weighted by molar-refractivity contribution is 7.13. The zero-order chi connectivity index (χ0) is 18.4. The molecule has 1 aliphatic rings. The highest BCUT2D eigenvalue weighted by Crippen LogP contribution is 2.26. The Morgan fingerprint density at radius 2 is 2.31 bits per heavy atom. The molecule has 2 amide bonds. The molecule has 0 atom stereocenters. The average Bonchev–Trinajstić information content (AvgIpc) is 3.28. The van der Waals surface area contributed by atoms with Crippen LogP contribution in [0.4, 0.5) is 0 Å². The summed E-state index contributed by atoms with van der Waals surface area (Å²) in [5.74, 6) is 0.970. The van der Waals surface area contributed by atoms with Gasteiger partial charge in [-0.25, -0.2) is 4.98 Å². The molecular formula is C19H23N3O3S. The van der Waals surface area contributed by atoms with Gasteiger partial charge in [0, 0.05) is 37.0 Å². The van der Waals surface area contributed by atoms with Crippen LogP contribution >= 0.6 is 11.3 Å². The van der Waals surface area contributed by atoms with Gasteiger partial charge in [-0.05, 0) is 25.0 Å². The minimum atomic E-state index is -0.0414. The molecule has 6 nitrogen and oxygen atoms in total. The van der Waals surface area contributed by atoms with Crippen molar-refractivity contribution >= 4 is 23.2 Å². The third kappa shape index (κ3) is 4.82. The summed E-state index contributed by atoms with van der Waals surface area (Å²) in [5, 5.41) is 5.69. The molecule has 3 rings (SSSR count). The predicted molar refractivity (Wildman–Crippen MR) is 101 cm³/mol. The maximum Gasteiger partial charge on any atom is 0.226 e. The summed E-state index contributed by atoms with van der Waals surface area (Å²) in [6, 6.07) is 7.72. The highest BCUT2D eigenvalue weighted by atomic mass is 32.1. The molecule has 1 aromatic carbocycles. The van der Waals surface area contributed by atoms with Crippen molar-refractivity contribution in [2.24, 2.45) is 0 Å². The fourth-order valence-corrected chi connectivity index (χ4v) is 3.76. The van der Waals surface area contributed by atoms with Gasteiger partial charge >= 0.3 is 0 Å². The molecule has 2 heterocycles. The van der Waals surface area contributed by atoms with E-state index in [-0.39, 0.29) is 18.2 Å². The second kappa shape index (κ2) is 8.80. The van der Waals surface area contributed by atoms with Gasteiger partial charge in [-0.15, -0.1) is 11.3 Å². The van der Waals surface area contributed by atoms with Gasteiger partial charge < -0.3 is 15.0 Å². The molecule has 0 bridgehead atoms. The quantitative estimate of drug-likeness (QED) is 0.722. The van der Waals surface area contributed by atoms with Crippen molar-refractivity contribution < 1.29 is 14.3 Å². The lowest BCUT2D eigenvalue weighted by atomic mass is 10.2. The van der Waals surface area contributed by atoms with Crippen LogP contribution in [0, 0.1) is 0 Å². The third-order valence-corrected chi connectivity index (χ3v) is 5.25. The number of hydrogen-bond donors (Lipinski definition) is 1. The van der Waals surface area contributed by atoms with E-state index in [9.17, 15) is 9.59 Å². The van der Waals surface area contributed by atoms with Gasteiger partial charge in [-0.3, -0.25) is 9.59 Å². The first kappa shape index (κ1) is 18.4. The van der Waals surface area contributed by atoms with Crippen LogP contribution in [-0.2, 0) is 16.0 Å². The molecule has 1 aliphatic heterocycles. The summed E-state index contributed by atoms with van der Waals surface area (Å²) < 4.78 is 5.23. The molecule has 1 N–H and O–H groups in total. The van der Waals surface area contributed by atoms with Crippen LogP contribution in [0.3, 0.4) is 0 Å². The van der Waals surface area contributed by atoms with E-state index in [1.807, 2.05) is 34.5 Å². The largest absolute Gasteiger partial charge is 0.497 e. The lowest BCUT2D eigenvalue weighted by Crippen LogP contribution is -2.31. The lowest BCUT2D eigenvalue weighted by molar-refractivity contribution is -0.127. The molecule has 1 aromatic heterocycles. The number of benzene rings is 1. The number of thiazole rings is 1. The van der Waals surface area contributed by atoms with E-state index < -0.39 is 0 Å². The van der Waals surface area contributed by atoms with Gasteiger partial charge in [0.1, 0.15) is 10.8 Å². The van der Waals surface area contributed by atoms with Crippen molar-refractivity contribution in [3.63, 3.8) is 0 Å². The van der Waals surface area contributed by atoms with Gasteiger partial charge in [0.2, 0.25) is 11.8 Å². The SMILES string of the molecule is COc1cccc(-c2nc(CC(=O)NCCCN3CCCC3=O)cs2)c1. The number of nitrogens with zero attached hydrogens (tertiary/aromatic N) is 2. The van der Waals surface area contributed by atoms with Crippen molar-refractivity contribution in [1.82, 2.24) is 15.2 Å². The number of rotatable bonds is 8. The van der Waals surface area contributed by atoms with Crippen molar-refractivity contribution in [2.75, 3.05) is 26.7 Å². The first-order chi connectivity index (χ1) is 12.7. The van der Waals surface area contributed by atoms with Crippen molar-refractivity contribution in [3.8, 4) is 16.3 Å². The summed E-state index contributed by atoms with van der Waals surface area (Å²) in [6.45, 7) is 2.14. The second-order valence-electron chi connectivity index (χ2n) is 6.24. The molecule has 2 aromatic rings. The van der Waals surface area contributed by atoms with Crippen LogP contribution in [0.2, 0.25) is 0 Å². The Morgan fingerprint density at radius 1 is 1.42 bits per heavy atom. The molecule has 0 unspecified atom stereocenters. The first-order valence-electron chi connectivity index (χ1n) is 8.79. The van der Waals surface area contributed by atoms with Crippen molar-refractivity contribution in [2.45, 2.75) is 25.7 Å². The summed E-state index contributed by atoms with van der Waals surface area (Å²) >= 11 is 1.52. The Bertz CT molecular complexity index is 775. The van der Waals surface area contributed by atoms with Crippen LogP contribution in [0.1, 0.15) is 25.0 Å². The monoisotopic (exact) mass is 373 g/mol. The van der Waals surface area contributed by atoms with E-state index in [4.69, 9.17) is 4.74 Å². The Balaban J connectivity index is 1.44. The number of nitrogens with one attached hydrogen (secondary N) is 1. The highest BCUT2D eigenvalue weighted by Gasteiger charge is 2.19. The van der Waals surface area contributed by atoms with Crippen LogP contribution < -0.4 is 10.1 Å². The Kier molecular flexibility index (Phi) is 6.22. The number of ether oxygens (including phenoxy) is 1. The maximum atomic E-state index is 12.1. The number of carbonyl (C=O) groups is 2. The number of hydrogen-bond acceptors (Lipinski definition) is 5.